The average molecular weight is 304 g/mol. The van der Waals surface area contributed by atoms with E-state index in [9.17, 15) is 14.3 Å². The Morgan fingerprint density at radius 2 is 2.05 bits per heavy atom. The molecule has 0 amide bonds. The molecular formula is C12H7FN5O2S-. The van der Waals surface area contributed by atoms with Gasteiger partial charge in [0.2, 0.25) is 0 Å². The second-order valence-electron chi connectivity index (χ2n) is 3.99. The fraction of sp³-hybridized carbons (Fsp3) is 0.0833. The Hall–Kier alpha value is -2.55. The molecule has 1 aromatic carbocycles. The second kappa shape index (κ2) is 5.44. The minimum atomic E-state index is -1.20. The second-order valence-corrected chi connectivity index (χ2v) is 4.95. The fourth-order valence-electron chi connectivity index (χ4n) is 1.72. The third-order valence-corrected chi connectivity index (χ3v) is 3.55. The monoisotopic (exact) mass is 304 g/mol. The van der Waals surface area contributed by atoms with Crippen LogP contribution < -0.4 is 5.11 Å². The van der Waals surface area contributed by atoms with Crippen LogP contribution in [-0.4, -0.2) is 36.7 Å². The van der Waals surface area contributed by atoms with Crippen molar-refractivity contribution in [3.05, 3.63) is 36.4 Å². The molecule has 0 radical (unpaired) electrons. The van der Waals surface area contributed by atoms with Crippen LogP contribution in [0.5, 0.6) is 0 Å². The number of hydrogen-bond acceptors (Lipinski definition) is 7. The van der Waals surface area contributed by atoms with Crippen LogP contribution in [0.3, 0.4) is 0 Å². The van der Waals surface area contributed by atoms with Crippen molar-refractivity contribution in [1.82, 2.24) is 25.0 Å². The first-order valence-electron chi connectivity index (χ1n) is 5.80. The first-order valence-corrected chi connectivity index (χ1v) is 6.78. The Balaban J connectivity index is 2.04. The molecule has 3 rings (SSSR count). The first kappa shape index (κ1) is 13.4. The van der Waals surface area contributed by atoms with Crippen LogP contribution in [0.15, 0.2) is 35.6 Å². The zero-order valence-electron chi connectivity index (χ0n) is 10.4. The van der Waals surface area contributed by atoms with E-state index in [1.807, 2.05) is 0 Å². The summed E-state index contributed by atoms with van der Waals surface area (Å²) in [6.45, 7) is 0. The van der Waals surface area contributed by atoms with E-state index < -0.39 is 5.97 Å². The molecule has 0 N–H and O–H groups in total. The van der Waals surface area contributed by atoms with Gasteiger partial charge in [-0.15, -0.1) is 5.10 Å². The molecule has 0 fully saturated rings. The lowest BCUT2D eigenvalue weighted by molar-refractivity contribution is -0.301. The van der Waals surface area contributed by atoms with Crippen molar-refractivity contribution in [2.24, 2.45) is 0 Å². The minimum Gasteiger partial charge on any atom is -0.549 e. The molecule has 106 valence electrons. The predicted octanol–water partition coefficient (Wildman–Crippen LogP) is 0.192. The van der Waals surface area contributed by atoms with Gasteiger partial charge >= 0.3 is 0 Å². The number of halogens is 1. The standard InChI is InChI=1S/C12H8FN5O2S/c13-7-1-3-8(4-2-7)18-11-10(16-17-18)12(15-6-14-11)21-5-9(19)20/h1-4,6H,5H2,(H,19,20)/p-1. The van der Waals surface area contributed by atoms with E-state index in [0.717, 1.165) is 11.8 Å². The van der Waals surface area contributed by atoms with E-state index in [0.29, 0.717) is 21.9 Å². The normalized spacial score (nSPS) is 10.9. The van der Waals surface area contributed by atoms with Gasteiger partial charge in [0, 0.05) is 5.75 Å². The zero-order valence-corrected chi connectivity index (χ0v) is 11.2. The van der Waals surface area contributed by atoms with Gasteiger partial charge in [0.15, 0.2) is 11.2 Å². The first-order chi connectivity index (χ1) is 10.1. The van der Waals surface area contributed by atoms with Crippen molar-refractivity contribution in [2.75, 3.05) is 5.75 Å². The van der Waals surface area contributed by atoms with Crippen LogP contribution in [0.1, 0.15) is 0 Å². The number of benzene rings is 1. The average Bonchev–Trinajstić information content (AvgIpc) is 2.90. The number of aliphatic carboxylic acids is 1. The summed E-state index contributed by atoms with van der Waals surface area (Å²) in [4.78, 5) is 18.6. The number of rotatable bonds is 4. The third kappa shape index (κ3) is 2.68. The number of carbonyl (C=O) groups is 1. The lowest BCUT2D eigenvalue weighted by Crippen LogP contribution is -2.24. The van der Waals surface area contributed by atoms with Gasteiger partial charge in [0.1, 0.15) is 17.2 Å². The van der Waals surface area contributed by atoms with E-state index in [4.69, 9.17) is 0 Å². The van der Waals surface area contributed by atoms with Gasteiger partial charge in [-0.2, -0.15) is 4.68 Å². The van der Waals surface area contributed by atoms with Gasteiger partial charge in [-0.3, -0.25) is 0 Å². The topological polar surface area (TPSA) is 96.6 Å². The summed E-state index contributed by atoms with van der Waals surface area (Å²) < 4.78 is 14.4. The van der Waals surface area contributed by atoms with Gasteiger partial charge in [0.25, 0.3) is 0 Å². The molecule has 0 aliphatic rings. The molecule has 0 unspecified atom stereocenters. The third-order valence-electron chi connectivity index (χ3n) is 2.60. The molecule has 0 saturated heterocycles. The Kier molecular flexibility index (Phi) is 3.48. The number of hydrogen-bond donors (Lipinski definition) is 0. The number of thioether (sulfide) groups is 1. The van der Waals surface area contributed by atoms with E-state index in [-0.39, 0.29) is 11.6 Å². The van der Waals surface area contributed by atoms with Crippen LogP contribution in [0, 0.1) is 5.82 Å². The maximum absolute atomic E-state index is 12.9. The van der Waals surface area contributed by atoms with E-state index in [2.05, 4.69) is 20.3 Å². The van der Waals surface area contributed by atoms with Crippen LogP contribution in [0.2, 0.25) is 0 Å². The van der Waals surface area contributed by atoms with Crippen LogP contribution in [0.4, 0.5) is 4.39 Å². The molecule has 0 atom stereocenters. The molecule has 21 heavy (non-hydrogen) atoms. The Morgan fingerprint density at radius 1 is 1.29 bits per heavy atom. The Labute approximate surface area is 121 Å². The van der Waals surface area contributed by atoms with E-state index >= 15 is 0 Å². The zero-order chi connectivity index (χ0) is 14.8. The van der Waals surface area contributed by atoms with Gasteiger partial charge in [-0.25, -0.2) is 14.4 Å². The number of carboxylic acids is 1. The molecule has 0 spiro atoms. The number of carboxylic acid groups (broad SMARTS) is 1. The number of nitrogens with zero attached hydrogens (tertiary/aromatic N) is 5. The number of carbonyl (C=O) groups excluding carboxylic acids is 1. The van der Waals surface area contributed by atoms with Gasteiger partial charge in [-0.05, 0) is 24.3 Å². The highest BCUT2D eigenvalue weighted by Crippen LogP contribution is 2.23. The highest BCUT2D eigenvalue weighted by atomic mass is 32.2. The van der Waals surface area contributed by atoms with Crippen molar-refractivity contribution in [2.45, 2.75) is 5.03 Å². The minimum absolute atomic E-state index is 0.241. The number of aromatic nitrogens is 5. The molecule has 0 saturated carbocycles. The summed E-state index contributed by atoms with van der Waals surface area (Å²) in [5.41, 5.74) is 1.39. The maximum atomic E-state index is 12.9. The fourth-order valence-corrected chi connectivity index (χ4v) is 2.36. The van der Waals surface area contributed by atoms with Crippen molar-refractivity contribution >= 4 is 28.9 Å². The van der Waals surface area contributed by atoms with Crippen molar-refractivity contribution in [3.63, 3.8) is 0 Å². The summed E-state index contributed by atoms with van der Waals surface area (Å²) >= 11 is 0.980. The molecule has 7 nitrogen and oxygen atoms in total. The molecule has 0 bridgehead atoms. The van der Waals surface area contributed by atoms with Gasteiger partial charge in [0.05, 0.1) is 11.7 Å². The summed E-state index contributed by atoms with van der Waals surface area (Å²) in [6.07, 6.45) is 1.29. The summed E-state index contributed by atoms with van der Waals surface area (Å²) in [6, 6.07) is 5.69. The van der Waals surface area contributed by atoms with Gasteiger partial charge < -0.3 is 9.90 Å². The highest BCUT2D eigenvalue weighted by molar-refractivity contribution is 8.00. The molecule has 2 heterocycles. The Bertz CT molecular complexity index is 805. The molecule has 9 heteroatoms. The molecule has 0 aliphatic heterocycles. The van der Waals surface area contributed by atoms with Gasteiger partial charge in [-0.1, -0.05) is 17.0 Å². The summed E-state index contributed by atoms with van der Waals surface area (Å²) in [5.74, 6) is -1.80. The highest BCUT2D eigenvalue weighted by Gasteiger charge is 2.13. The van der Waals surface area contributed by atoms with E-state index in [1.165, 1.54) is 23.1 Å². The van der Waals surface area contributed by atoms with Crippen molar-refractivity contribution < 1.29 is 14.3 Å². The largest absolute Gasteiger partial charge is 0.549 e. The lowest BCUT2D eigenvalue weighted by atomic mass is 10.3. The molecule has 0 aliphatic carbocycles. The molecule has 2 aromatic heterocycles. The summed E-state index contributed by atoms with van der Waals surface area (Å²) in [7, 11) is 0. The smallest absolute Gasteiger partial charge is 0.187 e. The van der Waals surface area contributed by atoms with Crippen LogP contribution >= 0.6 is 11.8 Å². The quantitative estimate of drug-likeness (QED) is 0.501. The summed E-state index contributed by atoms with van der Waals surface area (Å²) in [5, 5.41) is 18.8. The molecule has 3 aromatic rings. The number of fused-ring (bicyclic) bond motifs is 1. The molecular weight excluding hydrogens is 297 g/mol. The van der Waals surface area contributed by atoms with Crippen molar-refractivity contribution in [1.29, 1.82) is 0 Å². The maximum Gasteiger partial charge on any atom is 0.187 e. The van der Waals surface area contributed by atoms with Crippen LogP contribution in [-0.2, 0) is 4.79 Å². The predicted molar refractivity (Wildman–Crippen MR) is 70.1 cm³/mol. The SMILES string of the molecule is O=C([O-])CSc1ncnc2c1nnn2-c1ccc(F)cc1. The van der Waals surface area contributed by atoms with Crippen LogP contribution in [0.25, 0.3) is 16.9 Å². The lowest BCUT2D eigenvalue weighted by Gasteiger charge is -2.03. The van der Waals surface area contributed by atoms with E-state index in [1.54, 1.807) is 12.1 Å². The van der Waals surface area contributed by atoms with Crippen molar-refractivity contribution in [3.8, 4) is 5.69 Å². The Morgan fingerprint density at radius 3 is 2.76 bits per heavy atom.